The van der Waals surface area contributed by atoms with Crippen LogP contribution in [0.25, 0.3) is 6.08 Å². The summed E-state index contributed by atoms with van der Waals surface area (Å²) in [6.45, 7) is 0. The molecule has 2 aromatic rings. The Bertz CT molecular complexity index is 980. The Balaban J connectivity index is 2.02. The SMILES string of the molecule is CN(C)c1oc(/C=C(/C#N)C2=NN(c3ccccc3)[C@H](N)[C@@H]2C#N)cc1Br. The van der Waals surface area contributed by atoms with Gasteiger partial charge in [-0.1, -0.05) is 18.2 Å². The Morgan fingerprint density at radius 1 is 1.33 bits per heavy atom. The number of nitrogens with two attached hydrogens (primary N) is 1. The molecule has 0 spiro atoms. The molecule has 0 fully saturated rings. The average Bonchev–Trinajstić information content (AvgIpc) is 3.20. The molecule has 0 radical (unpaired) electrons. The highest BCUT2D eigenvalue weighted by molar-refractivity contribution is 9.10. The van der Waals surface area contributed by atoms with Crippen molar-refractivity contribution >= 4 is 39.3 Å². The molecule has 8 heteroatoms. The van der Waals surface area contributed by atoms with Crippen LogP contribution in [0.5, 0.6) is 0 Å². The van der Waals surface area contributed by atoms with Gasteiger partial charge >= 0.3 is 0 Å². The summed E-state index contributed by atoms with van der Waals surface area (Å²) in [5.74, 6) is 0.377. The third-order valence-electron chi connectivity index (χ3n) is 4.07. The summed E-state index contributed by atoms with van der Waals surface area (Å²) in [7, 11) is 3.71. The highest BCUT2D eigenvalue weighted by Crippen LogP contribution is 2.32. The van der Waals surface area contributed by atoms with Gasteiger partial charge in [0.25, 0.3) is 0 Å². The van der Waals surface area contributed by atoms with Crippen LogP contribution in [0, 0.1) is 28.6 Å². The fourth-order valence-electron chi connectivity index (χ4n) is 2.78. The maximum absolute atomic E-state index is 9.66. The van der Waals surface area contributed by atoms with E-state index in [1.807, 2.05) is 49.3 Å². The molecule has 1 aliphatic rings. The number of allylic oxidation sites excluding steroid dienone is 1. The molecule has 1 aromatic carbocycles. The van der Waals surface area contributed by atoms with Crippen LogP contribution in [0.15, 0.2) is 56.0 Å². The second kappa shape index (κ2) is 7.67. The van der Waals surface area contributed by atoms with Crippen LogP contribution in [0.3, 0.4) is 0 Å². The van der Waals surface area contributed by atoms with E-state index in [9.17, 15) is 10.5 Å². The largest absolute Gasteiger partial charge is 0.440 e. The molecule has 2 atom stereocenters. The van der Waals surface area contributed by atoms with Gasteiger partial charge in [-0.05, 0) is 28.1 Å². The number of anilines is 2. The first-order valence-corrected chi connectivity index (χ1v) is 8.92. The van der Waals surface area contributed by atoms with Crippen molar-refractivity contribution < 1.29 is 4.42 Å². The van der Waals surface area contributed by atoms with Crippen molar-refractivity contribution in [2.75, 3.05) is 24.0 Å². The van der Waals surface area contributed by atoms with Crippen LogP contribution in [0.4, 0.5) is 11.6 Å². The van der Waals surface area contributed by atoms with Gasteiger partial charge in [0.15, 0.2) is 0 Å². The summed E-state index contributed by atoms with van der Waals surface area (Å²) < 4.78 is 6.51. The molecule has 0 unspecified atom stereocenters. The van der Waals surface area contributed by atoms with Crippen molar-refractivity contribution in [1.82, 2.24) is 0 Å². The van der Waals surface area contributed by atoms with Gasteiger partial charge in [0.1, 0.15) is 23.9 Å². The zero-order valence-electron chi connectivity index (χ0n) is 14.8. The third-order valence-corrected chi connectivity index (χ3v) is 4.64. The number of hydrogen-bond acceptors (Lipinski definition) is 7. The van der Waals surface area contributed by atoms with Gasteiger partial charge in [0.05, 0.1) is 27.5 Å². The molecule has 3 rings (SSSR count). The van der Waals surface area contributed by atoms with E-state index in [0.717, 1.165) is 10.2 Å². The van der Waals surface area contributed by atoms with Crippen LogP contribution in [-0.4, -0.2) is 26.0 Å². The van der Waals surface area contributed by atoms with Crippen LogP contribution in [-0.2, 0) is 0 Å². The fourth-order valence-corrected chi connectivity index (χ4v) is 3.44. The topological polar surface area (TPSA) is 106 Å². The molecular weight excluding hydrogens is 408 g/mol. The molecule has 136 valence electrons. The minimum absolute atomic E-state index is 0.238. The van der Waals surface area contributed by atoms with Crippen LogP contribution in [0.1, 0.15) is 5.76 Å². The molecule has 0 saturated carbocycles. The number of benzene rings is 1. The minimum Gasteiger partial charge on any atom is -0.440 e. The number of hydrazone groups is 1. The number of para-hydroxylation sites is 1. The monoisotopic (exact) mass is 424 g/mol. The molecule has 0 bridgehead atoms. The zero-order chi connectivity index (χ0) is 19.6. The van der Waals surface area contributed by atoms with Crippen molar-refractivity contribution in [1.29, 1.82) is 10.5 Å². The molecular formula is C19H17BrN6O. The lowest BCUT2D eigenvalue weighted by molar-refractivity contribution is 0.554. The first-order valence-electron chi connectivity index (χ1n) is 8.13. The van der Waals surface area contributed by atoms with Crippen molar-refractivity contribution in [3.05, 3.63) is 52.2 Å². The van der Waals surface area contributed by atoms with Crippen LogP contribution < -0.4 is 15.6 Å². The quantitative estimate of drug-likeness (QED) is 0.754. The highest BCUT2D eigenvalue weighted by Gasteiger charge is 2.37. The van der Waals surface area contributed by atoms with Crippen molar-refractivity contribution in [2.45, 2.75) is 6.17 Å². The second-order valence-corrected chi connectivity index (χ2v) is 6.98. The van der Waals surface area contributed by atoms with E-state index in [1.165, 1.54) is 0 Å². The lowest BCUT2D eigenvalue weighted by Crippen LogP contribution is -2.40. The number of furan rings is 1. The lowest BCUT2D eigenvalue weighted by Gasteiger charge is -2.21. The summed E-state index contributed by atoms with van der Waals surface area (Å²) in [5, 5.41) is 25.3. The van der Waals surface area contributed by atoms with E-state index < -0.39 is 12.1 Å². The maximum Gasteiger partial charge on any atom is 0.209 e. The first kappa shape index (κ1) is 18.7. The second-order valence-electron chi connectivity index (χ2n) is 6.13. The first-order chi connectivity index (χ1) is 13.0. The van der Waals surface area contributed by atoms with E-state index in [4.69, 9.17) is 10.2 Å². The van der Waals surface area contributed by atoms with Gasteiger partial charge in [-0.3, -0.25) is 0 Å². The lowest BCUT2D eigenvalue weighted by atomic mass is 9.96. The summed E-state index contributed by atoms with van der Waals surface area (Å²) in [4.78, 5) is 1.81. The molecule has 2 heterocycles. The highest BCUT2D eigenvalue weighted by atomic mass is 79.9. The van der Waals surface area contributed by atoms with Crippen LogP contribution >= 0.6 is 15.9 Å². The molecule has 1 aromatic heterocycles. The Hall–Kier alpha value is -3.07. The molecule has 2 N–H and O–H groups in total. The van der Waals surface area contributed by atoms with Crippen LogP contribution in [0.2, 0.25) is 0 Å². The minimum atomic E-state index is -0.733. The van der Waals surface area contributed by atoms with E-state index in [-0.39, 0.29) is 5.57 Å². The fraction of sp³-hybridized carbons (Fsp3) is 0.211. The molecule has 0 saturated heterocycles. The van der Waals surface area contributed by atoms with Gasteiger partial charge in [-0.2, -0.15) is 15.6 Å². The Labute approximate surface area is 165 Å². The molecule has 27 heavy (non-hydrogen) atoms. The summed E-state index contributed by atoms with van der Waals surface area (Å²) in [6.07, 6.45) is 0.895. The smallest absolute Gasteiger partial charge is 0.209 e. The number of hydrogen-bond donors (Lipinski definition) is 1. The molecule has 0 aliphatic carbocycles. The van der Waals surface area contributed by atoms with E-state index >= 15 is 0 Å². The predicted molar refractivity (Wildman–Crippen MR) is 108 cm³/mol. The summed E-state index contributed by atoms with van der Waals surface area (Å²) >= 11 is 3.43. The average molecular weight is 425 g/mol. The molecule has 1 aliphatic heterocycles. The van der Waals surface area contributed by atoms with E-state index in [1.54, 1.807) is 17.2 Å². The Morgan fingerprint density at radius 2 is 2.04 bits per heavy atom. The number of rotatable bonds is 4. The number of halogens is 1. The molecule has 7 nitrogen and oxygen atoms in total. The molecule has 0 amide bonds. The Morgan fingerprint density at radius 3 is 2.59 bits per heavy atom. The third kappa shape index (κ3) is 3.59. The standard InChI is InChI=1S/C19H17BrN6O/c1-25(2)19-16(20)9-14(27-19)8-12(10-21)17-15(11-22)18(23)26(24-17)13-6-4-3-5-7-13/h3-9,15,18H,23H2,1-2H3/b12-8-/t15-,18+/m1/s1. The van der Waals surface area contributed by atoms with E-state index in [2.05, 4.69) is 33.2 Å². The van der Waals surface area contributed by atoms with Crippen molar-refractivity contribution in [3.8, 4) is 12.1 Å². The Kier molecular flexibility index (Phi) is 5.31. The summed E-state index contributed by atoms with van der Waals surface area (Å²) in [6, 6.07) is 15.3. The van der Waals surface area contributed by atoms with Gasteiger partial charge in [-0.15, -0.1) is 0 Å². The zero-order valence-corrected chi connectivity index (χ0v) is 16.4. The predicted octanol–water partition coefficient (Wildman–Crippen LogP) is 3.32. The van der Waals surface area contributed by atoms with E-state index in [0.29, 0.717) is 17.4 Å². The maximum atomic E-state index is 9.66. The normalized spacial score (nSPS) is 19.4. The van der Waals surface area contributed by atoms with Crippen molar-refractivity contribution in [3.63, 3.8) is 0 Å². The summed E-state index contributed by atoms with van der Waals surface area (Å²) in [5.41, 5.74) is 7.55. The van der Waals surface area contributed by atoms with Crippen molar-refractivity contribution in [2.24, 2.45) is 16.8 Å². The van der Waals surface area contributed by atoms with Gasteiger partial charge < -0.3 is 15.1 Å². The van der Waals surface area contributed by atoms with Gasteiger partial charge in [-0.25, -0.2) is 5.01 Å². The van der Waals surface area contributed by atoms with Gasteiger partial charge in [0.2, 0.25) is 5.88 Å². The number of nitrogens with zero attached hydrogens (tertiary/aromatic N) is 5. The van der Waals surface area contributed by atoms with Gasteiger partial charge in [0, 0.05) is 26.2 Å². The number of nitriles is 2.